The Morgan fingerprint density at radius 2 is 1.83 bits per heavy atom. The van der Waals surface area contributed by atoms with Crippen LogP contribution in [-0.4, -0.2) is 60.2 Å². The molecule has 0 aliphatic carbocycles. The van der Waals surface area contributed by atoms with Crippen LogP contribution in [0.25, 0.3) is 0 Å². The van der Waals surface area contributed by atoms with Crippen LogP contribution < -0.4 is 5.32 Å². The molecule has 29 heavy (non-hydrogen) atoms. The van der Waals surface area contributed by atoms with Gasteiger partial charge in [0.25, 0.3) is 0 Å². The number of carbonyl (C=O) groups is 1. The van der Waals surface area contributed by atoms with E-state index in [1.54, 1.807) is 12.1 Å². The summed E-state index contributed by atoms with van der Waals surface area (Å²) in [5, 5.41) is 3.62. The molecule has 1 aromatic heterocycles. The molecule has 2 amide bonds. The summed E-state index contributed by atoms with van der Waals surface area (Å²) in [7, 11) is 0. The van der Waals surface area contributed by atoms with Gasteiger partial charge >= 0.3 is 6.03 Å². The maximum atomic E-state index is 12.6. The Labute approximate surface area is 176 Å². The zero-order valence-corrected chi connectivity index (χ0v) is 17.3. The maximum absolute atomic E-state index is 12.6. The number of aromatic nitrogens is 1. The highest BCUT2D eigenvalue weighted by Gasteiger charge is 2.39. The van der Waals surface area contributed by atoms with Crippen LogP contribution in [0.3, 0.4) is 0 Å². The summed E-state index contributed by atoms with van der Waals surface area (Å²) in [6.45, 7) is 5.86. The fourth-order valence-corrected chi connectivity index (χ4v) is 4.31. The Morgan fingerprint density at radius 3 is 2.55 bits per heavy atom. The SMILES string of the molecule is O=C(Nc1ccc(Cl)cc1)N1CCC2(CC1)COCCN(Cc1ccncc1)C2. The van der Waals surface area contributed by atoms with Gasteiger partial charge in [-0.3, -0.25) is 9.88 Å². The molecular weight excluding hydrogens is 388 g/mol. The van der Waals surface area contributed by atoms with Crippen LogP contribution in [0.4, 0.5) is 10.5 Å². The van der Waals surface area contributed by atoms with Crippen LogP contribution in [0.5, 0.6) is 0 Å². The third-order valence-corrected chi connectivity index (χ3v) is 6.13. The summed E-state index contributed by atoms with van der Waals surface area (Å²) in [5.41, 5.74) is 2.15. The minimum absolute atomic E-state index is 0.0506. The lowest BCUT2D eigenvalue weighted by Crippen LogP contribution is -2.49. The van der Waals surface area contributed by atoms with Crippen molar-refractivity contribution in [3.8, 4) is 0 Å². The van der Waals surface area contributed by atoms with Gasteiger partial charge in [-0.2, -0.15) is 0 Å². The van der Waals surface area contributed by atoms with Crippen LogP contribution in [-0.2, 0) is 11.3 Å². The van der Waals surface area contributed by atoms with Crippen molar-refractivity contribution in [3.63, 3.8) is 0 Å². The van der Waals surface area contributed by atoms with Gasteiger partial charge in [-0.15, -0.1) is 0 Å². The maximum Gasteiger partial charge on any atom is 0.321 e. The quantitative estimate of drug-likeness (QED) is 0.828. The number of pyridine rings is 1. The summed E-state index contributed by atoms with van der Waals surface area (Å²) in [5.74, 6) is 0. The first-order valence-corrected chi connectivity index (χ1v) is 10.5. The molecule has 1 spiro atoms. The lowest BCUT2D eigenvalue weighted by Gasteiger charge is -2.42. The second-order valence-corrected chi connectivity index (χ2v) is 8.48. The van der Waals surface area contributed by atoms with E-state index in [2.05, 4.69) is 27.3 Å². The molecule has 0 atom stereocenters. The van der Waals surface area contributed by atoms with Crippen molar-refractivity contribution in [1.29, 1.82) is 0 Å². The van der Waals surface area contributed by atoms with Crippen LogP contribution >= 0.6 is 11.6 Å². The zero-order chi connectivity index (χ0) is 20.1. The normalized spacial score (nSPS) is 19.7. The van der Waals surface area contributed by atoms with Crippen LogP contribution in [0, 0.1) is 5.41 Å². The molecule has 2 saturated heterocycles. The van der Waals surface area contributed by atoms with Gasteiger partial charge in [-0.1, -0.05) is 11.6 Å². The van der Waals surface area contributed by atoms with Crippen molar-refractivity contribution in [2.75, 3.05) is 44.7 Å². The average molecular weight is 415 g/mol. The van der Waals surface area contributed by atoms with Crippen molar-refractivity contribution in [1.82, 2.24) is 14.8 Å². The number of carbonyl (C=O) groups excluding carboxylic acids is 1. The van der Waals surface area contributed by atoms with Crippen LogP contribution in [0.1, 0.15) is 18.4 Å². The van der Waals surface area contributed by atoms with Gasteiger partial charge < -0.3 is 15.0 Å². The van der Waals surface area contributed by atoms with Crippen molar-refractivity contribution in [2.24, 2.45) is 5.41 Å². The summed E-state index contributed by atoms with van der Waals surface area (Å²) in [6, 6.07) is 11.3. The predicted octanol–water partition coefficient (Wildman–Crippen LogP) is 3.88. The first kappa shape index (κ1) is 20.1. The molecular formula is C22H27ClN4O2. The van der Waals surface area contributed by atoms with E-state index in [0.717, 1.165) is 64.5 Å². The standard InChI is InChI=1S/C22H27ClN4O2/c23-19-1-3-20(4-2-19)25-21(28)27-11-7-22(8-12-27)16-26(13-14-29-17-22)15-18-5-9-24-10-6-18/h1-6,9-10H,7-8,11-17H2,(H,25,28). The molecule has 7 heteroatoms. The van der Waals surface area contributed by atoms with Crippen molar-refractivity contribution >= 4 is 23.3 Å². The minimum atomic E-state index is -0.0506. The average Bonchev–Trinajstić information content (AvgIpc) is 2.93. The number of hydrogen-bond donors (Lipinski definition) is 1. The number of benzene rings is 1. The van der Waals surface area contributed by atoms with E-state index in [0.29, 0.717) is 5.02 Å². The zero-order valence-electron chi connectivity index (χ0n) is 16.5. The van der Waals surface area contributed by atoms with Gasteiger partial charge in [0.2, 0.25) is 0 Å². The van der Waals surface area contributed by atoms with Crippen molar-refractivity contribution in [3.05, 3.63) is 59.4 Å². The number of halogens is 1. The van der Waals surface area contributed by atoms with Gasteiger partial charge in [0, 0.05) is 61.2 Å². The van der Waals surface area contributed by atoms with Crippen molar-refractivity contribution < 1.29 is 9.53 Å². The van der Waals surface area contributed by atoms with E-state index in [9.17, 15) is 4.79 Å². The number of likely N-dealkylation sites (tertiary alicyclic amines) is 1. The molecule has 3 heterocycles. The number of anilines is 1. The number of amides is 2. The number of nitrogens with one attached hydrogen (secondary N) is 1. The third kappa shape index (κ3) is 5.26. The topological polar surface area (TPSA) is 57.7 Å². The molecule has 2 fully saturated rings. The van der Waals surface area contributed by atoms with Gasteiger partial charge in [0.05, 0.1) is 13.2 Å². The Balaban J connectivity index is 1.34. The minimum Gasteiger partial charge on any atom is -0.379 e. The summed E-state index contributed by atoms with van der Waals surface area (Å²) in [4.78, 5) is 21.1. The smallest absolute Gasteiger partial charge is 0.321 e. The molecule has 0 unspecified atom stereocenters. The summed E-state index contributed by atoms with van der Waals surface area (Å²) >= 11 is 5.91. The van der Waals surface area contributed by atoms with Gasteiger partial charge in [0.1, 0.15) is 0 Å². The molecule has 0 radical (unpaired) electrons. The second kappa shape index (κ2) is 9.11. The predicted molar refractivity (Wildman–Crippen MR) is 114 cm³/mol. The number of urea groups is 1. The van der Waals surface area contributed by atoms with Crippen LogP contribution in [0.15, 0.2) is 48.8 Å². The first-order chi connectivity index (χ1) is 14.1. The van der Waals surface area contributed by atoms with Crippen LogP contribution in [0.2, 0.25) is 5.02 Å². The van der Waals surface area contributed by atoms with E-state index < -0.39 is 0 Å². The van der Waals surface area contributed by atoms with E-state index in [1.807, 2.05) is 29.4 Å². The summed E-state index contributed by atoms with van der Waals surface area (Å²) in [6.07, 6.45) is 5.59. The largest absolute Gasteiger partial charge is 0.379 e. The molecule has 1 N–H and O–H groups in total. The van der Waals surface area contributed by atoms with E-state index in [-0.39, 0.29) is 11.4 Å². The highest BCUT2D eigenvalue weighted by Crippen LogP contribution is 2.35. The monoisotopic (exact) mass is 414 g/mol. The molecule has 2 aliphatic rings. The number of piperidine rings is 1. The lowest BCUT2D eigenvalue weighted by atomic mass is 9.78. The molecule has 6 nitrogen and oxygen atoms in total. The molecule has 0 saturated carbocycles. The lowest BCUT2D eigenvalue weighted by molar-refractivity contribution is 0.0242. The Kier molecular flexibility index (Phi) is 6.33. The fourth-order valence-electron chi connectivity index (χ4n) is 4.19. The highest BCUT2D eigenvalue weighted by atomic mass is 35.5. The van der Waals surface area contributed by atoms with E-state index in [4.69, 9.17) is 16.3 Å². The number of rotatable bonds is 3. The third-order valence-electron chi connectivity index (χ3n) is 5.88. The van der Waals surface area contributed by atoms with Gasteiger partial charge in [-0.25, -0.2) is 4.79 Å². The number of nitrogens with zero attached hydrogens (tertiary/aromatic N) is 3. The Hall–Kier alpha value is -2.15. The molecule has 4 rings (SSSR count). The summed E-state index contributed by atoms with van der Waals surface area (Å²) < 4.78 is 5.97. The Bertz CT molecular complexity index is 807. The number of hydrogen-bond acceptors (Lipinski definition) is 4. The fraction of sp³-hybridized carbons (Fsp3) is 0.455. The van der Waals surface area contributed by atoms with E-state index >= 15 is 0 Å². The molecule has 2 aliphatic heterocycles. The Morgan fingerprint density at radius 1 is 1.10 bits per heavy atom. The van der Waals surface area contributed by atoms with Gasteiger partial charge in [0.15, 0.2) is 0 Å². The van der Waals surface area contributed by atoms with Crippen molar-refractivity contribution in [2.45, 2.75) is 19.4 Å². The molecule has 2 aromatic rings. The molecule has 0 bridgehead atoms. The van der Waals surface area contributed by atoms with E-state index in [1.165, 1.54) is 5.56 Å². The van der Waals surface area contributed by atoms with Gasteiger partial charge in [-0.05, 0) is 54.8 Å². The highest BCUT2D eigenvalue weighted by molar-refractivity contribution is 6.30. The first-order valence-electron chi connectivity index (χ1n) is 10.1. The second-order valence-electron chi connectivity index (χ2n) is 8.04. The number of ether oxygens (including phenoxy) is 1. The molecule has 154 valence electrons. The molecule has 1 aromatic carbocycles.